The van der Waals surface area contributed by atoms with Crippen LogP contribution in [0.4, 0.5) is 5.69 Å². The summed E-state index contributed by atoms with van der Waals surface area (Å²) in [5, 5.41) is 2.55. The maximum absolute atomic E-state index is 4.88. The summed E-state index contributed by atoms with van der Waals surface area (Å²) < 4.78 is 0. The zero-order valence-corrected chi connectivity index (χ0v) is 24.7. The number of rotatable bonds is 10. The van der Waals surface area contributed by atoms with Gasteiger partial charge in [0.2, 0.25) is 0 Å². The molecule has 0 bridgehead atoms. The Balaban J connectivity index is 1.76. The third-order valence-electron chi connectivity index (χ3n) is 8.18. The van der Waals surface area contributed by atoms with E-state index >= 15 is 0 Å². The molecule has 0 N–H and O–H groups in total. The second-order valence-corrected chi connectivity index (χ2v) is 12.0. The fourth-order valence-corrected chi connectivity index (χ4v) is 5.87. The quantitative estimate of drug-likeness (QED) is 0.203. The lowest BCUT2D eigenvalue weighted by atomic mass is 9.73. The minimum absolute atomic E-state index is 0.0377. The SMILES string of the molecule is C=C([C@@H](C/C(=C/C)c1ccccc1C)C(C)(C)C)N(c1cccc2ccccc12)C(C)CCc1ccccc1. The van der Waals surface area contributed by atoms with Crippen LogP contribution in [-0.4, -0.2) is 6.04 Å². The van der Waals surface area contributed by atoms with Gasteiger partial charge >= 0.3 is 0 Å². The van der Waals surface area contributed by atoms with Crippen LogP contribution >= 0.6 is 0 Å². The van der Waals surface area contributed by atoms with Crippen molar-refractivity contribution >= 4 is 22.0 Å². The minimum atomic E-state index is 0.0377. The van der Waals surface area contributed by atoms with E-state index in [9.17, 15) is 0 Å². The van der Waals surface area contributed by atoms with Gasteiger partial charge in [-0.2, -0.15) is 0 Å². The molecule has 202 valence electrons. The van der Waals surface area contributed by atoms with Gasteiger partial charge in [0.05, 0.1) is 0 Å². The number of fused-ring (bicyclic) bond motifs is 1. The van der Waals surface area contributed by atoms with Crippen molar-refractivity contribution in [1.29, 1.82) is 0 Å². The van der Waals surface area contributed by atoms with Crippen LogP contribution in [0.15, 0.2) is 115 Å². The van der Waals surface area contributed by atoms with Crippen LogP contribution in [-0.2, 0) is 6.42 Å². The van der Waals surface area contributed by atoms with E-state index in [0.717, 1.165) is 19.3 Å². The molecule has 4 aromatic carbocycles. The van der Waals surface area contributed by atoms with Crippen molar-refractivity contribution < 1.29 is 0 Å². The van der Waals surface area contributed by atoms with Crippen molar-refractivity contribution in [3.8, 4) is 0 Å². The lowest BCUT2D eigenvalue weighted by Crippen LogP contribution is -2.39. The van der Waals surface area contributed by atoms with Crippen LogP contribution in [0.1, 0.15) is 64.2 Å². The first-order valence-corrected chi connectivity index (χ1v) is 14.4. The van der Waals surface area contributed by atoms with Crippen molar-refractivity contribution in [3.63, 3.8) is 0 Å². The number of benzene rings is 4. The smallest absolute Gasteiger partial charge is 0.0490 e. The second kappa shape index (κ2) is 12.5. The molecule has 0 amide bonds. The maximum atomic E-state index is 4.88. The normalized spacial score (nSPS) is 13.7. The molecule has 0 spiro atoms. The fourth-order valence-electron chi connectivity index (χ4n) is 5.87. The molecule has 4 rings (SSSR count). The van der Waals surface area contributed by atoms with Crippen LogP contribution in [0.3, 0.4) is 0 Å². The lowest BCUT2D eigenvalue weighted by Gasteiger charge is -2.42. The Morgan fingerprint density at radius 1 is 0.846 bits per heavy atom. The summed E-state index contributed by atoms with van der Waals surface area (Å²) in [4.78, 5) is 2.56. The molecule has 39 heavy (non-hydrogen) atoms. The van der Waals surface area contributed by atoms with E-state index in [1.54, 1.807) is 0 Å². The van der Waals surface area contributed by atoms with Gasteiger partial charge in [-0.15, -0.1) is 0 Å². The largest absolute Gasteiger partial charge is 0.342 e. The molecular formula is C38H45N. The molecule has 0 aliphatic rings. The molecule has 0 fully saturated rings. The Morgan fingerprint density at radius 3 is 2.18 bits per heavy atom. The van der Waals surface area contributed by atoms with E-state index in [0.29, 0.717) is 6.04 Å². The summed E-state index contributed by atoms with van der Waals surface area (Å²) in [5.41, 5.74) is 7.94. The number of nitrogens with zero attached hydrogens (tertiary/aromatic N) is 1. The molecule has 0 aromatic heterocycles. The van der Waals surface area contributed by atoms with Gasteiger partial charge in [-0.3, -0.25) is 0 Å². The molecule has 0 radical (unpaired) electrons. The zero-order chi connectivity index (χ0) is 28.0. The van der Waals surface area contributed by atoms with Crippen molar-refractivity contribution in [2.24, 2.45) is 11.3 Å². The van der Waals surface area contributed by atoms with Crippen molar-refractivity contribution in [1.82, 2.24) is 0 Å². The van der Waals surface area contributed by atoms with Crippen LogP contribution in [0.2, 0.25) is 0 Å². The van der Waals surface area contributed by atoms with E-state index in [1.807, 2.05) is 0 Å². The summed E-state index contributed by atoms with van der Waals surface area (Å²) in [6, 6.07) is 35.3. The van der Waals surface area contributed by atoms with Crippen LogP contribution < -0.4 is 4.90 Å². The van der Waals surface area contributed by atoms with E-state index in [2.05, 4.69) is 150 Å². The minimum Gasteiger partial charge on any atom is -0.342 e. The third kappa shape index (κ3) is 6.71. The van der Waals surface area contributed by atoms with Crippen molar-refractivity contribution in [2.45, 2.75) is 66.8 Å². The van der Waals surface area contributed by atoms with Crippen LogP contribution in [0.5, 0.6) is 0 Å². The monoisotopic (exact) mass is 515 g/mol. The Hall–Kier alpha value is -3.58. The molecule has 2 atom stereocenters. The first-order valence-electron chi connectivity index (χ1n) is 14.4. The fraction of sp³-hybridized carbons (Fsp3) is 0.316. The second-order valence-electron chi connectivity index (χ2n) is 12.0. The Morgan fingerprint density at radius 2 is 1.49 bits per heavy atom. The van der Waals surface area contributed by atoms with Gasteiger partial charge in [0.1, 0.15) is 0 Å². The van der Waals surface area contributed by atoms with Gasteiger partial charge in [-0.25, -0.2) is 0 Å². The average Bonchev–Trinajstić information content (AvgIpc) is 2.93. The number of hydrogen-bond acceptors (Lipinski definition) is 1. The number of aryl methyl sites for hydroxylation is 2. The van der Waals surface area contributed by atoms with Crippen molar-refractivity contribution in [2.75, 3.05) is 4.90 Å². The average molecular weight is 516 g/mol. The zero-order valence-electron chi connectivity index (χ0n) is 24.7. The predicted molar refractivity (Wildman–Crippen MR) is 172 cm³/mol. The molecule has 1 nitrogen and oxygen atoms in total. The van der Waals surface area contributed by atoms with Gasteiger partial charge < -0.3 is 4.90 Å². The third-order valence-corrected chi connectivity index (χ3v) is 8.18. The van der Waals surface area contributed by atoms with E-state index in [1.165, 1.54) is 44.4 Å². The van der Waals surface area contributed by atoms with Gasteiger partial charge in [0.25, 0.3) is 0 Å². The highest BCUT2D eigenvalue weighted by atomic mass is 15.2. The molecule has 0 saturated heterocycles. The lowest BCUT2D eigenvalue weighted by molar-refractivity contribution is 0.276. The summed E-state index contributed by atoms with van der Waals surface area (Å²) in [7, 11) is 0. The molecule has 0 saturated carbocycles. The first kappa shape index (κ1) is 28.4. The number of allylic oxidation sites excluding steroid dienone is 3. The van der Waals surface area contributed by atoms with Crippen molar-refractivity contribution in [3.05, 3.63) is 132 Å². The Labute approximate surface area is 236 Å². The molecule has 1 heteroatoms. The summed E-state index contributed by atoms with van der Waals surface area (Å²) >= 11 is 0. The van der Waals surface area contributed by atoms with Gasteiger partial charge in [0.15, 0.2) is 0 Å². The highest BCUT2D eigenvalue weighted by molar-refractivity contribution is 5.95. The molecule has 0 aliphatic heterocycles. The maximum Gasteiger partial charge on any atom is 0.0490 e. The predicted octanol–water partition coefficient (Wildman–Crippen LogP) is 10.6. The van der Waals surface area contributed by atoms with Crippen LogP contribution in [0.25, 0.3) is 16.3 Å². The standard InChI is InChI=1S/C38H45N/c1-8-32(34-22-14-12-17-28(34)2)27-36(38(5,6)7)30(4)39(29(3)25-26-31-18-10-9-11-19-31)37-24-16-21-33-20-13-15-23-35(33)37/h8-24,29,36H,4,25-27H2,1-3,5-7H3/b32-8-/t29?,36-/m1/s1. The van der Waals surface area contributed by atoms with Gasteiger partial charge in [-0.1, -0.05) is 124 Å². The van der Waals surface area contributed by atoms with E-state index in [4.69, 9.17) is 6.58 Å². The molecular weight excluding hydrogens is 470 g/mol. The topological polar surface area (TPSA) is 3.24 Å². The van der Waals surface area contributed by atoms with E-state index < -0.39 is 0 Å². The molecule has 1 unspecified atom stereocenters. The molecule has 0 heterocycles. The number of anilines is 1. The van der Waals surface area contributed by atoms with Crippen LogP contribution in [0, 0.1) is 18.3 Å². The van der Waals surface area contributed by atoms with E-state index in [-0.39, 0.29) is 11.3 Å². The number of hydrogen-bond donors (Lipinski definition) is 0. The molecule has 4 aromatic rings. The molecule has 0 aliphatic carbocycles. The highest BCUT2D eigenvalue weighted by Crippen LogP contribution is 2.43. The Kier molecular flexibility index (Phi) is 9.12. The van der Waals surface area contributed by atoms with Gasteiger partial charge in [0, 0.05) is 28.7 Å². The highest BCUT2D eigenvalue weighted by Gasteiger charge is 2.33. The summed E-state index contributed by atoms with van der Waals surface area (Å²) in [6.07, 6.45) is 5.35. The Bertz CT molecular complexity index is 1410. The summed E-state index contributed by atoms with van der Waals surface area (Å²) in [5.74, 6) is 0.265. The summed E-state index contributed by atoms with van der Waals surface area (Å²) in [6.45, 7) is 18.7. The van der Waals surface area contributed by atoms with Gasteiger partial charge in [-0.05, 0) is 79.2 Å². The first-order chi connectivity index (χ1) is 18.7.